The normalized spacial score (nSPS) is 20.2. The quantitative estimate of drug-likeness (QED) is 0.756. The van der Waals surface area contributed by atoms with Crippen LogP contribution in [0.5, 0.6) is 5.75 Å². The van der Waals surface area contributed by atoms with Gasteiger partial charge in [0.25, 0.3) is 0 Å². The maximum atomic E-state index is 12.0. The summed E-state index contributed by atoms with van der Waals surface area (Å²) in [6.45, 7) is 3.00. The standard InChI is InChI=1S/C20H30N2O3/c1-25-18-6-2-4-15(14-18)5-3-11-22-12-9-16(10-13-22)19(23)20(24)21-17-7-8-17/h2,4,6,14,16-17,19,23H,3,5,7-13H2,1H3,(H,21,24)/t19-/m1/s1. The number of nitrogens with one attached hydrogen (secondary N) is 1. The Morgan fingerprint density at radius 2 is 2.08 bits per heavy atom. The van der Waals surface area contributed by atoms with Crippen LogP contribution in [0.4, 0.5) is 0 Å². The molecule has 1 aliphatic carbocycles. The van der Waals surface area contributed by atoms with Gasteiger partial charge in [-0.25, -0.2) is 0 Å². The number of aryl methyl sites for hydroxylation is 1. The van der Waals surface area contributed by atoms with Crippen LogP contribution in [0.15, 0.2) is 24.3 Å². The molecule has 3 rings (SSSR count). The van der Waals surface area contributed by atoms with Gasteiger partial charge in [0, 0.05) is 6.04 Å². The maximum Gasteiger partial charge on any atom is 0.249 e. The van der Waals surface area contributed by atoms with Crippen LogP contribution < -0.4 is 10.1 Å². The lowest BCUT2D eigenvalue weighted by atomic mass is 9.90. The van der Waals surface area contributed by atoms with Crippen LogP contribution in [0.3, 0.4) is 0 Å². The fourth-order valence-corrected chi connectivity index (χ4v) is 3.56. The molecule has 2 aliphatic rings. The number of amides is 1. The third-order valence-electron chi connectivity index (χ3n) is 5.35. The van der Waals surface area contributed by atoms with E-state index in [2.05, 4.69) is 22.3 Å². The molecule has 5 heteroatoms. The van der Waals surface area contributed by atoms with Crippen molar-refractivity contribution in [1.82, 2.24) is 10.2 Å². The van der Waals surface area contributed by atoms with E-state index in [4.69, 9.17) is 4.74 Å². The number of aliphatic hydroxyl groups excluding tert-OH is 1. The molecule has 1 saturated carbocycles. The average Bonchev–Trinajstić information content (AvgIpc) is 3.46. The Morgan fingerprint density at radius 3 is 2.76 bits per heavy atom. The van der Waals surface area contributed by atoms with Gasteiger partial charge < -0.3 is 20.1 Å². The molecule has 5 nitrogen and oxygen atoms in total. The number of methoxy groups -OCH3 is 1. The third kappa shape index (κ3) is 5.44. The number of aliphatic hydroxyl groups is 1. The first kappa shape index (κ1) is 18.2. The molecule has 0 unspecified atom stereocenters. The molecular weight excluding hydrogens is 316 g/mol. The predicted octanol–water partition coefficient (Wildman–Crippen LogP) is 1.98. The lowest BCUT2D eigenvalue weighted by Gasteiger charge is -2.33. The number of carbonyl (C=O) groups is 1. The zero-order valence-corrected chi connectivity index (χ0v) is 15.1. The van der Waals surface area contributed by atoms with E-state index >= 15 is 0 Å². The summed E-state index contributed by atoms with van der Waals surface area (Å²) >= 11 is 0. The van der Waals surface area contributed by atoms with Crippen LogP contribution in [0.25, 0.3) is 0 Å². The van der Waals surface area contributed by atoms with Crippen molar-refractivity contribution in [3.05, 3.63) is 29.8 Å². The Kier molecular flexibility index (Phi) is 6.32. The molecule has 2 N–H and O–H groups in total. The van der Waals surface area contributed by atoms with Gasteiger partial charge in [0.2, 0.25) is 5.91 Å². The summed E-state index contributed by atoms with van der Waals surface area (Å²) < 4.78 is 5.27. The first-order chi connectivity index (χ1) is 12.2. The predicted molar refractivity (Wildman–Crippen MR) is 97.7 cm³/mol. The Morgan fingerprint density at radius 1 is 1.32 bits per heavy atom. The van der Waals surface area contributed by atoms with Gasteiger partial charge in [0.1, 0.15) is 11.9 Å². The molecule has 0 aromatic heterocycles. The van der Waals surface area contributed by atoms with Gasteiger partial charge >= 0.3 is 0 Å². The molecule has 1 saturated heterocycles. The SMILES string of the molecule is COc1cccc(CCCN2CCC([C@@H](O)C(=O)NC3CC3)CC2)c1. The van der Waals surface area contributed by atoms with Crippen LogP contribution in [0, 0.1) is 5.92 Å². The molecule has 138 valence electrons. The third-order valence-corrected chi connectivity index (χ3v) is 5.35. The molecular formula is C20H30N2O3. The van der Waals surface area contributed by atoms with E-state index in [-0.39, 0.29) is 11.8 Å². The monoisotopic (exact) mass is 346 g/mol. The molecule has 2 fully saturated rings. The van der Waals surface area contributed by atoms with Crippen molar-refractivity contribution >= 4 is 5.91 Å². The Hall–Kier alpha value is -1.59. The van der Waals surface area contributed by atoms with Crippen LogP contribution in [0.2, 0.25) is 0 Å². The molecule has 1 aromatic carbocycles. The number of rotatable bonds is 8. The Labute approximate surface area is 150 Å². The van der Waals surface area contributed by atoms with Crippen molar-refractivity contribution in [2.45, 2.75) is 50.7 Å². The van der Waals surface area contributed by atoms with Gasteiger partial charge in [0.05, 0.1) is 7.11 Å². The second kappa shape index (κ2) is 8.68. The van der Waals surface area contributed by atoms with Gasteiger partial charge in [-0.3, -0.25) is 4.79 Å². The van der Waals surface area contributed by atoms with Crippen molar-refractivity contribution in [3.8, 4) is 5.75 Å². The smallest absolute Gasteiger partial charge is 0.249 e. The fraction of sp³-hybridized carbons (Fsp3) is 0.650. The van der Waals surface area contributed by atoms with Crippen LogP contribution in [-0.4, -0.2) is 54.8 Å². The number of carbonyl (C=O) groups excluding carboxylic acids is 1. The highest BCUT2D eigenvalue weighted by Crippen LogP contribution is 2.24. The number of piperidine rings is 1. The highest BCUT2D eigenvalue weighted by atomic mass is 16.5. The topological polar surface area (TPSA) is 61.8 Å². The summed E-state index contributed by atoms with van der Waals surface area (Å²) in [6.07, 6.45) is 5.25. The summed E-state index contributed by atoms with van der Waals surface area (Å²) in [4.78, 5) is 14.4. The van der Waals surface area contributed by atoms with E-state index in [1.807, 2.05) is 12.1 Å². The number of nitrogens with zero attached hydrogens (tertiary/aromatic N) is 1. The summed E-state index contributed by atoms with van der Waals surface area (Å²) in [5, 5.41) is 13.1. The van der Waals surface area contributed by atoms with Crippen molar-refractivity contribution in [2.24, 2.45) is 5.92 Å². The molecule has 1 atom stereocenters. The van der Waals surface area contributed by atoms with Crippen molar-refractivity contribution in [2.75, 3.05) is 26.7 Å². The van der Waals surface area contributed by atoms with Crippen molar-refractivity contribution < 1.29 is 14.6 Å². The van der Waals surface area contributed by atoms with Crippen LogP contribution >= 0.6 is 0 Å². The first-order valence-electron chi connectivity index (χ1n) is 9.49. The molecule has 1 aliphatic heterocycles. The largest absolute Gasteiger partial charge is 0.497 e. The minimum absolute atomic E-state index is 0.105. The van der Waals surface area contributed by atoms with Crippen LogP contribution in [-0.2, 0) is 11.2 Å². The second-order valence-electron chi connectivity index (χ2n) is 7.36. The summed E-state index contributed by atoms with van der Waals surface area (Å²) in [5.41, 5.74) is 1.31. The number of likely N-dealkylation sites (tertiary alicyclic amines) is 1. The van der Waals surface area contributed by atoms with E-state index in [0.29, 0.717) is 6.04 Å². The highest BCUT2D eigenvalue weighted by molar-refractivity contribution is 5.81. The zero-order valence-electron chi connectivity index (χ0n) is 15.1. The minimum atomic E-state index is -0.834. The molecule has 0 spiro atoms. The van der Waals surface area contributed by atoms with E-state index < -0.39 is 6.10 Å². The highest BCUT2D eigenvalue weighted by Gasteiger charge is 2.32. The molecule has 0 bridgehead atoms. The molecule has 0 radical (unpaired) electrons. The molecule has 1 amide bonds. The number of ether oxygens (including phenoxy) is 1. The first-order valence-corrected chi connectivity index (χ1v) is 9.49. The van der Waals surface area contributed by atoms with E-state index in [1.165, 1.54) is 5.56 Å². The van der Waals surface area contributed by atoms with Crippen molar-refractivity contribution in [3.63, 3.8) is 0 Å². The zero-order chi connectivity index (χ0) is 17.6. The van der Waals surface area contributed by atoms with E-state index in [9.17, 15) is 9.90 Å². The minimum Gasteiger partial charge on any atom is -0.497 e. The fourth-order valence-electron chi connectivity index (χ4n) is 3.56. The van der Waals surface area contributed by atoms with E-state index in [0.717, 1.165) is 63.9 Å². The Balaban J connectivity index is 1.35. The maximum absolute atomic E-state index is 12.0. The lowest BCUT2D eigenvalue weighted by molar-refractivity contribution is -0.133. The Bertz CT molecular complexity index is 566. The summed E-state index contributed by atoms with van der Waals surface area (Å²) in [5.74, 6) is 0.851. The van der Waals surface area contributed by atoms with E-state index in [1.54, 1.807) is 7.11 Å². The molecule has 1 heterocycles. The van der Waals surface area contributed by atoms with Crippen LogP contribution in [0.1, 0.15) is 37.7 Å². The summed E-state index contributed by atoms with van der Waals surface area (Å²) in [7, 11) is 1.70. The number of hydrogen-bond donors (Lipinski definition) is 2. The van der Waals surface area contributed by atoms with Gasteiger partial charge in [-0.15, -0.1) is 0 Å². The van der Waals surface area contributed by atoms with Gasteiger partial charge in [-0.1, -0.05) is 12.1 Å². The average molecular weight is 346 g/mol. The number of hydrogen-bond acceptors (Lipinski definition) is 4. The van der Waals surface area contributed by atoms with Crippen molar-refractivity contribution in [1.29, 1.82) is 0 Å². The molecule has 25 heavy (non-hydrogen) atoms. The molecule has 1 aromatic rings. The summed E-state index contributed by atoms with van der Waals surface area (Å²) in [6, 6.07) is 8.57. The lowest BCUT2D eigenvalue weighted by Crippen LogP contribution is -2.45. The second-order valence-corrected chi connectivity index (χ2v) is 7.36. The van der Waals surface area contributed by atoms with Gasteiger partial charge in [-0.05, 0) is 81.8 Å². The number of benzene rings is 1. The van der Waals surface area contributed by atoms with Gasteiger partial charge in [-0.2, -0.15) is 0 Å². The van der Waals surface area contributed by atoms with Gasteiger partial charge in [0.15, 0.2) is 0 Å².